The predicted octanol–water partition coefficient (Wildman–Crippen LogP) is 4.46. The van der Waals surface area contributed by atoms with Gasteiger partial charge in [-0.25, -0.2) is 4.79 Å². The van der Waals surface area contributed by atoms with Gasteiger partial charge in [-0.2, -0.15) is 0 Å². The van der Waals surface area contributed by atoms with Gasteiger partial charge in [0.1, 0.15) is 34.5 Å². The quantitative estimate of drug-likeness (QED) is 0.138. The molecule has 0 saturated carbocycles. The highest BCUT2D eigenvalue weighted by Gasteiger charge is 2.64. The smallest absolute Gasteiger partial charge is 0.327 e. The van der Waals surface area contributed by atoms with Crippen molar-refractivity contribution in [3.05, 3.63) is 113 Å². The summed E-state index contributed by atoms with van der Waals surface area (Å²) in [7, 11) is 0. The van der Waals surface area contributed by atoms with Crippen molar-refractivity contribution in [3.8, 4) is 11.3 Å². The normalized spacial score (nSPS) is 19.4. The van der Waals surface area contributed by atoms with Gasteiger partial charge < -0.3 is 30.5 Å². The molecule has 46 heavy (non-hydrogen) atoms. The Balaban J connectivity index is 0.000000200. The van der Waals surface area contributed by atoms with Crippen molar-refractivity contribution >= 4 is 29.5 Å². The van der Waals surface area contributed by atoms with Crippen LogP contribution in [0.5, 0.6) is 0 Å². The lowest BCUT2D eigenvalue weighted by Crippen LogP contribution is -2.70. The molecule has 2 saturated heterocycles. The van der Waals surface area contributed by atoms with Crippen LogP contribution < -0.4 is 16.0 Å². The van der Waals surface area contributed by atoms with E-state index in [1.165, 1.54) is 27.8 Å². The summed E-state index contributed by atoms with van der Waals surface area (Å²) in [5.41, 5.74) is 4.08. The fraction of sp³-hybridized carbons (Fsp3) is 0.314. The van der Waals surface area contributed by atoms with Gasteiger partial charge in [-0.05, 0) is 31.9 Å². The van der Waals surface area contributed by atoms with Crippen LogP contribution in [0.25, 0.3) is 11.3 Å². The standard InChI is InChI=1S/C19H19N3O5S.C16H20N2/c1-9-11(12(21-27-9)10-7-5-4-6-8-10)15(23)20-13-16(24)22-14(18(25)26)19(2,3)28-17(13)22;1-3-7-15(8-4-1)13-17-11-12-18-14-16-9-5-2-6-10-16/h4-8,13-14,17H,1-3H3,(H,20,23)(H,25,26);1-10,17-18H,11-14H2/t13-,14+,17-;/m1./s1. The number of aliphatic carboxylic acids is 1. The summed E-state index contributed by atoms with van der Waals surface area (Å²) in [5, 5.41) is 22.7. The van der Waals surface area contributed by atoms with Gasteiger partial charge in [0.05, 0.1) is 0 Å². The van der Waals surface area contributed by atoms with E-state index in [0.717, 1.165) is 31.7 Å². The average Bonchev–Trinajstić information content (AvgIpc) is 3.57. The second-order valence-electron chi connectivity index (χ2n) is 11.7. The number of nitrogens with one attached hydrogen (secondary N) is 3. The van der Waals surface area contributed by atoms with Crippen LogP contribution in [0.4, 0.5) is 0 Å². The van der Waals surface area contributed by atoms with Crippen molar-refractivity contribution in [2.75, 3.05) is 13.1 Å². The monoisotopic (exact) mass is 641 g/mol. The van der Waals surface area contributed by atoms with Crippen molar-refractivity contribution in [2.24, 2.45) is 0 Å². The molecule has 1 aromatic heterocycles. The number of rotatable bonds is 11. The largest absolute Gasteiger partial charge is 0.480 e. The van der Waals surface area contributed by atoms with Crippen LogP contribution in [0.2, 0.25) is 0 Å². The van der Waals surface area contributed by atoms with Crippen LogP contribution >= 0.6 is 11.8 Å². The molecule has 0 aliphatic carbocycles. The molecule has 2 aliphatic heterocycles. The first-order valence-corrected chi connectivity index (χ1v) is 16.1. The lowest BCUT2D eigenvalue weighted by molar-refractivity contribution is -0.159. The van der Waals surface area contributed by atoms with Crippen molar-refractivity contribution in [3.63, 3.8) is 0 Å². The zero-order valence-corrected chi connectivity index (χ0v) is 26.9. The van der Waals surface area contributed by atoms with E-state index in [-0.39, 0.29) is 11.5 Å². The first-order chi connectivity index (χ1) is 22.2. The summed E-state index contributed by atoms with van der Waals surface area (Å²) >= 11 is 1.38. The molecule has 4 N–H and O–H groups in total. The number of aryl methyl sites for hydroxylation is 1. The molecule has 3 aromatic carbocycles. The van der Waals surface area contributed by atoms with E-state index in [1.807, 2.05) is 42.5 Å². The van der Waals surface area contributed by atoms with E-state index < -0.39 is 34.1 Å². The molecule has 2 amide bonds. The van der Waals surface area contributed by atoms with Gasteiger partial charge in [-0.3, -0.25) is 9.59 Å². The minimum atomic E-state index is -1.04. The molecule has 0 radical (unpaired) electrons. The Morgan fingerprint density at radius 2 is 1.41 bits per heavy atom. The first-order valence-electron chi connectivity index (χ1n) is 15.2. The molecule has 2 fully saturated rings. The van der Waals surface area contributed by atoms with E-state index in [9.17, 15) is 19.5 Å². The SMILES string of the molecule is Cc1onc(-c2ccccc2)c1C(=O)N[C@@H]1C(=O)N2[C@@H]1SC(C)(C)[C@@H]2C(=O)O.c1ccc(CNCCNCc2ccccc2)cc1. The number of benzene rings is 3. The fourth-order valence-corrected chi connectivity index (χ4v) is 7.25. The third kappa shape index (κ3) is 7.50. The Labute approximate surface area is 272 Å². The number of β-lactam (4-membered cyclic amide) rings is 1. The zero-order valence-electron chi connectivity index (χ0n) is 26.1. The summed E-state index contributed by atoms with van der Waals surface area (Å²) in [6, 6.07) is 28.4. The summed E-state index contributed by atoms with van der Waals surface area (Å²) in [6.07, 6.45) is 0. The predicted molar refractivity (Wildman–Crippen MR) is 178 cm³/mol. The maximum Gasteiger partial charge on any atom is 0.327 e. The Morgan fingerprint density at radius 3 is 1.93 bits per heavy atom. The van der Waals surface area contributed by atoms with Crippen molar-refractivity contribution in [1.82, 2.24) is 26.0 Å². The number of fused-ring (bicyclic) bond motifs is 1. The fourth-order valence-electron chi connectivity index (χ4n) is 5.63. The molecule has 2 aliphatic rings. The topological polar surface area (TPSA) is 137 Å². The Morgan fingerprint density at radius 1 is 0.891 bits per heavy atom. The molecule has 240 valence electrons. The van der Waals surface area contributed by atoms with Crippen LogP contribution in [0.1, 0.15) is 41.1 Å². The molecule has 10 nitrogen and oxygen atoms in total. The number of nitrogens with zero attached hydrogens (tertiary/aromatic N) is 2. The second-order valence-corrected chi connectivity index (χ2v) is 13.5. The Hall–Kier alpha value is -4.45. The summed E-state index contributed by atoms with van der Waals surface area (Å²) < 4.78 is 4.57. The van der Waals surface area contributed by atoms with E-state index in [1.54, 1.807) is 20.8 Å². The van der Waals surface area contributed by atoms with Crippen molar-refractivity contribution in [2.45, 2.75) is 56.1 Å². The highest BCUT2D eigenvalue weighted by Crippen LogP contribution is 2.50. The van der Waals surface area contributed by atoms with Crippen LogP contribution in [0.3, 0.4) is 0 Å². The van der Waals surface area contributed by atoms with E-state index in [4.69, 9.17) is 4.52 Å². The second kappa shape index (κ2) is 14.8. The van der Waals surface area contributed by atoms with Gasteiger partial charge in [0, 0.05) is 36.5 Å². The Bertz CT molecular complexity index is 1590. The van der Waals surface area contributed by atoms with E-state index in [0.29, 0.717) is 11.5 Å². The first kappa shape index (κ1) is 32.9. The van der Waals surface area contributed by atoms with E-state index >= 15 is 0 Å². The number of amides is 2. The third-order valence-electron chi connectivity index (χ3n) is 7.92. The molecule has 3 atom stereocenters. The third-order valence-corrected chi connectivity index (χ3v) is 9.49. The van der Waals surface area contributed by atoms with Crippen LogP contribution in [0.15, 0.2) is 95.5 Å². The highest BCUT2D eigenvalue weighted by molar-refractivity contribution is 8.01. The Kier molecular flexibility index (Phi) is 10.6. The van der Waals surface area contributed by atoms with Crippen LogP contribution in [0, 0.1) is 6.92 Å². The van der Waals surface area contributed by atoms with Gasteiger partial charge in [-0.15, -0.1) is 11.8 Å². The number of hydrogen-bond donors (Lipinski definition) is 4. The van der Waals surface area contributed by atoms with Gasteiger partial charge >= 0.3 is 5.97 Å². The molecule has 4 aromatic rings. The molecule has 3 heterocycles. The number of carboxylic acids is 1. The van der Waals surface area contributed by atoms with Crippen LogP contribution in [-0.4, -0.2) is 68.2 Å². The van der Waals surface area contributed by atoms with Gasteiger partial charge in [-0.1, -0.05) is 96.2 Å². The van der Waals surface area contributed by atoms with Crippen molar-refractivity contribution < 1.29 is 24.0 Å². The number of aromatic nitrogens is 1. The number of carboxylic acid groups (broad SMARTS) is 1. The number of hydrogen-bond acceptors (Lipinski definition) is 8. The molecule has 0 bridgehead atoms. The van der Waals surface area contributed by atoms with E-state index in [2.05, 4.69) is 69.6 Å². The summed E-state index contributed by atoms with van der Waals surface area (Å²) in [6.45, 7) is 9.07. The molecular formula is C35H39N5O5S. The lowest BCUT2D eigenvalue weighted by Gasteiger charge is -2.43. The number of thioether (sulfide) groups is 1. The number of carbonyl (C=O) groups is 3. The number of carbonyl (C=O) groups excluding carboxylic acids is 2. The average molecular weight is 642 g/mol. The molecular weight excluding hydrogens is 602 g/mol. The van der Waals surface area contributed by atoms with Gasteiger partial charge in [0.25, 0.3) is 5.91 Å². The highest BCUT2D eigenvalue weighted by atomic mass is 32.2. The van der Waals surface area contributed by atoms with Crippen LogP contribution in [-0.2, 0) is 22.7 Å². The lowest BCUT2D eigenvalue weighted by atomic mass is 9.95. The maximum atomic E-state index is 12.9. The molecule has 0 spiro atoms. The van der Waals surface area contributed by atoms with Crippen molar-refractivity contribution in [1.29, 1.82) is 0 Å². The molecule has 0 unspecified atom stereocenters. The van der Waals surface area contributed by atoms with Gasteiger partial charge in [0.2, 0.25) is 5.91 Å². The van der Waals surface area contributed by atoms with Gasteiger partial charge in [0.15, 0.2) is 0 Å². The maximum absolute atomic E-state index is 12.9. The molecule has 6 rings (SSSR count). The minimum absolute atomic E-state index is 0.273. The summed E-state index contributed by atoms with van der Waals surface area (Å²) in [4.78, 5) is 38.5. The molecule has 11 heteroatoms. The summed E-state index contributed by atoms with van der Waals surface area (Å²) in [5.74, 6) is -1.55. The minimum Gasteiger partial charge on any atom is -0.480 e. The zero-order chi connectivity index (χ0) is 32.7.